The maximum atomic E-state index is 9.89. The Balaban J connectivity index is 1.53. The van der Waals surface area contributed by atoms with Crippen LogP contribution in [0.4, 0.5) is 11.4 Å². The summed E-state index contributed by atoms with van der Waals surface area (Å²) in [5.41, 5.74) is 2.56. The number of phenols is 1. The summed E-state index contributed by atoms with van der Waals surface area (Å²) in [6.45, 7) is 4.90. The van der Waals surface area contributed by atoms with Crippen LogP contribution in [0.3, 0.4) is 0 Å². The fraction of sp³-hybridized carbons (Fsp3) is 0.400. The zero-order valence-corrected chi connectivity index (χ0v) is 14.5. The average molecular weight is 338 g/mol. The first-order valence-corrected chi connectivity index (χ1v) is 9.69. The van der Waals surface area contributed by atoms with Crippen molar-refractivity contribution in [2.75, 3.05) is 31.1 Å². The van der Waals surface area contributed by atoms with Gasteiger partial charge in [-0.1, -0.05) is 23.9 Å². The molecule has 2 aromatic rings. The van der Waals surface area contributed by atoms with E-state index in [-0.39, 0.29) is 0 Å². The fourth-order valence-electron chi connectivity index (χ4n) is 4.55. The number of hydrogen-bond donors (Lipinski definition) is 1. The maximum Gasteiger partial charge on any atom is 0.116 e. The summed E-state index contributed by atoms with van der Waals surface area (Å²) in [6, 6.07) is 14.5. The first-order valence-electron chi connectivity index (χ1n) is 8.88. The zero-order valence-electron chi connectivity index (χ0n) is 13.7. The van der Waals surface area contributed by atoms with Gasteiger partial charge >= 0.3 is 0 Å². The smallest absolute Gasteiger partial charge is 0.116 e. The molecule has 4 heteroatoms. The Labute approximate surface area is 147 Å². The standard InChI is InChI=1S/C20H22N2OS/c23-16-5-6-18-20(11-16)24-19-4-2-1-3-17(19)22(18)13-15-12-21-9-7-14(15)8-10-21/h1-6,11,14-15,23H,7-10,12-13H2. The fourth-order valence-corrected chi connectivity index (χ4v) is 5.68. The van der Waals surface area contributed by atoms with Gasteiger partial charge < -0.3 is 14.9 Å². The van der Waals surface area contributed by atoms with Gasteiger partial charge in [-0.3, -0.25) is 0 Å². The van der Waals surface area contributed by atoms with Crippen molar-refractivity contribution in [3.8, 4) is 5.75 Å². The predicted molar refractivity (Wildman–Crippen MR) is 98.3 cm³/mol. The number of fused-ring (bicyclic) bond motifs is 5. The lowest BCUT2D eigenvalue weighted by Crippen LogP contribution is -2.50. The van der Waals surface area contributed by atoms with Crippen LogP contribution in [-0.4, -0.2) is 36.2 Å². The average Bonchev–Trinajstić information content (AvgIpc) is 2.62. The zero-order chi connectivity index (χ0) is 16.1. The number of piperidine rings is 3. The summed E-state index contributed by atoms with van der Waals surface area (Å²) < 4.78 is 0. The minimum atomic E-state index is 0.350. The van der Waals surface area contributed by atoms with Crippen molar-refractivity contribution in [2.45, 2.75) is 22.6 Å². The Morgan fingerprint density at radius 1 is 1.00 bits per heavy atom. The first kappa shape index (κ1) is 14.7. The van der Waals surface area contributed by atoms with E-state index < -0.39 is 0 Å². The molecule has 0 spiro atoms. The molecule has 124 valence electrons. The molecule has 4 aliphatic heterocycles. The van der Waals surface area contributed by atoms with Crippen LogP contribution in [0, 0.1) is 11.8 Å². The summed E-state index contributed by atoms with van der Waals surface area (Å²) in [6.07, 6.45) is 2.72. The number of nitrogens with zero attached hydrogens (tertiary/aromatic N) is 2. The highest BCUT2D eigenvalue weighted by Crippen LogP contribution is 2.49. The lowest BCUT2D eigenvalue weighted by Gasteiger charge is -2.47. The predicted octanol–water partition coefficient (Wildman–Crippen LogP) is 4.34. The van der Waals surface area contributed by atoms with Crippen molar-refractivity contribution < 1.29 is 5.11 Å². The van der Waals surface area contributed by atoms with E-state index in [0.717, 1.165) is 23.3 Å². The van der Waals surface area contributed by atoms with Crippen molar-refractivity contribution in [3.05, 3.63) is 42.5 Å². The van der Waals surface area contributed by atoms with Gasteiger partial charge in [-0.2, -0.15) is 0 Å². The van der Waals surface area contributed by atoms with Crippen molar-refractivity contribution in [1.29, 1.82) is 0 Å². The van der Waals surface area contributed by atoms with E-state index in [2.05, 4.69) is 40.1 Å². The van der Waals surface area contributed by atoms with Gasteiger partial charge in [0.25, 0.3) is 0 Å². The van der Waals surface area contributed by atoms with E-state index in [9.17, 15) is 5.11 Å². The molecule has 0 aliphatic carbocycles. The van der Waals surface area contributed by atoms with Crippen LogP contribution in [0.25, 0.3) is 0 Å². The first-order chi connectivity index (χ1) is 11.8. The molecule has 3 fully saturated rings. The molecule has 3 nitrogen and oxygen atoms in total. The number of hydrogen-bond acceptors (Lipinski definition) is 4. The van der Waals surface area contributed by atoms with Crippen molar-refractivity contribution in [1.82, 2.24) is 4.90 Å². The second kappa shape index (κ2) is 5.71. The molecule has 24 heavy (non-hydrogen) atoms. The number of benzene rings is 2. The van der Waals surface area contributed by atoms with Crippen LogP contribution < -0.4 is 4.90 Å². The Morgan fingerprint density at radius 2 is 1.79 bits per heavy atom. The van der Waals surface area contributed by atoms with Gasteiger partial charge in [-0.05, 0) is 68.1 Å². The summed E-state index contributed by atoms with van der Waals surface area (Å²) in [5.74, 6) is 1.96. The molecule has 0 amide bonds. The number of phenolic OH excluding ortho intramolecular Hbond substituents is 1. The third kappa shape index (κ3) is 2.40. The van der Waals surface area contributed by atoms with E-state index in [1.54, 1.807) is 11.8 Å². The Morgan fingerprint density at radius 3 is 2.58 bits per heavy atom. The van der Waals surface area contributed by atoms with Crippen LogP contribution >= 0.6 is 11.8 Å². The Kier molecular flexibility index (Phi) is 3.49. The van der Waals surface area contributed by atoms with Gasteiger partial charge in [0.05, 0.1) is 11.4 Å². The van der Waals surface area contributed by atoms with Crippen molar-refractivity contribution >= 4 is 23.1 Å². The molecular formula is C20H22N2OS. The lowest BCUT2D eigenvalue weighted by atomic mass is 9.78. The quantitative estimate of drug-likeness (QED) is 0.881. The molecule has 1 atom stereocenters. The highest BCUT2D eigenvalue weighted by molar-refractivity contribution is 7.99. The van der Waals surface area contributed by atoms with Crippen molar-refractivity contribution in [3.63, 3.8) is 0 Å². The molecule has 1 N–H and O–H groups in total. The number of para-hydroxylation sites is 1. The van der Waals surface area contributed by atoms with Gasteiger partial charge in [0.2, 0.25) is 0 Å². The van der Waals surface area contributed by atoms with Crippen LogP contribution in [0.5, 0.6) is 5.75 Å². The van der Waals surface area contributed by atoms with Crippen LogP contribution in [0.15, 0.2) is 52.3 Å². The van der Waals surface area contributed by atoms with Crippen LogP contribution in [0.1, 0.15) is 12.8 Å². The monoisotopic (exact) mass is 338 g/mol. The molecule has 4 heterocycles. The summed E-state index contributed by atoms with van der Waals surface area (Å²) in [4.78, 5) is 7.58. The Hall–Kier alpha value is -1.65. The van der Waals surface area contributed by atoms with Crippen LogP contribution in [-0.2, 0) is 0 Å². The summed E-state index contributed by atoms with van der Waals surface area (Å²) in [5, 5.41) is 9.89. The number of rotatable bonds is 2. The SMILES string of the molecule is Oc1ccc2c(c1)Sc1ccccc1N2CC1CN2CCC1CC2. The molecule has 0 aromatic heterocycles. The van der Waals surface area contributed by atoms with Gasteiger partial charge in [0, 0.05) is 22.9 Å². The molecule has 3 saturated heterocycles. The van der Waals surface area contributed by atoms with Gasteiger partial charge in [-0.25, -0.2) is 0 Å². The van der Waals surface area contributed by atoms with E-state index in [1.807, 2.05) is 12.1 Å². The second-order valence-corrected chi connectivity index (χ2v) is 8.31. The molecule has 2 bridgehead atoms. The molecule has 1 unspecified atom stereocenters. The van der Waals surface area contributed by atoms with E-state index >= 15 is 0 Å². The topological polar surface area (TPSA) is 26.7 Å². The lowest BCUT2D eigenvalue weighted by molar-refractivity contribution is 0.0553. The van der Waals surface area contributed by atoms with Crippen LogP contribution in [0.2, 0.25) is 0 Å². The number of anilines is 2. The third-order valence-corrected chi connectivity index (χ3v) is 6.93. The number of aromatic hydroxyl groups is 1. The minimum absolute atomic E-state index is 0.350. The van der Waals surface area contributed by atoms with E-state index in [1.165, 1.54) is 48.7 Å². The van der Waals surface area contributed by atoms with E-state index in [4.69, 9.17) is 0 Å². The molecule has 6 rings (SSSR count). The highest BCUT2D eigenvalue weighted by Gasteiger charge is 2.36. The molecule has 0 saturated carbocycles. The van der Waals surface area contributed by atoms with Gasteiger partial charge in [-0.15, -0.1) is 0 Å². The summed E-state index contributed by atoms with van der Waals surface area (Å²) in [7, 11) is 0. The molecule has 0 radical (unpaired) electrons. The largest absolute Gasteiger partial charge is 0.508 e. The summed E-state index contributed by atoms with van der Waals surface area (Å²) >= 11 is 1.77. The third-order valence-electron chi connectivity index (χ3n) is 5.82. The van der Waals surface area contributed by atoms with Gasteiger partial charge in [0.15, 0.2) is 0 Å². The van der Waals surface area contributed by atoms with E-state index in [0.29, 0.717) is 5.75 Å². The maximum absolute atomic E-state index is 9.89. The minimum Gasteiger partial charge on any atom is -0.508 e. The molecule has 2 aromatic carbocycles. The second-order valence-electron chi connectivity index (χ2n) is 7.23. The molecular weight excluding hydrogens is 316 g/mol. The Bertz CT molecular complexity index is 770. The van der Waals surface area contributed by atoms with Gasteiger partial charge in [0.1, 0.15) is 5.75 Å². The normalized spacial score (nSPS) is 27.7. The molecule has 4 aliphatic rings. The highest BCUT2D eigenvalue weighted by atomic mass is 32.2. The van der Waals surface area contributed by atoms with Crippen molar-refractivity contribution in [2.24, 2.45) is 11.8 Å².